The summed E-state index contributed by atoms with van der Waals surface area (Å²) in [4.78, 5) is 15.0. The Balaban J connectivity index is 0.00000208. The Morgan fingerprint density at radius 3 is 1.92 bits per heavy atom. The van der Waals surface area contributed by atoms with Crippen LogP contribution in [-0.2, 0) is 9.53 Å². The fourth-order valence-electron chi connectivity index (χ4n) is 3.12. The van der Waals surface area contributed by atoms with Crippen molar-refractivity contribution in [2.75, 3.05) is 26.2 Å². The van der Waals surface area contributed by atoms with E-state index in [-0.39, 0.29) is 24.3 Å². The van der Waals surface area contributed by atoms with Crippen LogP contribution < -0.4 is 0 Å². The van der Waals surface area contributed by atoms with Gasteiger partial charge in [-0.25, -0.2) is 0 Å². The van der Waals surface area contributed by atoms with Gasteiger partial charge in [0.2, 0.25) is 0 Å². The number of hydrogen-bond donors (Lipinski definition) is 0. The number of likely N-dealkylation sites (tertiary alicyclic amines) is 1. The Bertz CT molecular complexity index is 573. The Kier molecular flexibility index (Phi) is 7.29. The molecule has 0 spiro atoms. The van der Waals surface area contributed by atoms with Crippen molar-refractivity contribution in [3.8, 4) is 0 Å². The first-order valence-corrected chi connectivity index (χ1v) is 8.33. The van der Waals surface area contributed by atoms with E-state index >= 15 is 0 Å². The van der Waals surface area contributed by atoms with E-state index in [1.165, 1.54) is 12.8 Å². The molecule has 24 heavy (non-hydrogen) atoms. The summed E-state index contributed by atoms with van der Waals surface area (Å²) in [7, 11) is 0. The van der Waals surface area contributed by atoms with Crippen molar-refractivity contribution in [3.63, 3.8) is 0 Å². The zero-order valence-electron chi connectivity index (χ0n) is 13.8. The van der Waals surface area contributed by atoms with Crippen LogP contribution in [0.4, 0.5) is 0 Å². The van der Waals surface area contributed by atoms with Gasteiger partial charge in [0.25, 0.3) is 0 Å². The molecule has 4 heteroatoms. The number of ether oxygens (including phenoxy) is 1. The second-order valence-corrected chi connectivity index (χ2v) is 5.97. The molecule has 0 saturated carbocycles. The van der Waals surface area contributed by atoms with Crippen molar-refractivity contribution in [2.45, 2.75) is 18.8 Å². The van der Waals surface area contributed by atoms with Crippen molar-refractivity contribution >= 4 is 18.4 Å². The molecule has 0 atom stereocenters. The average molecular weight is 346 g/mol. The molecule has 0 aromatic heterocycles. The summed E-state index contributed by atoms with van der Waals surface area (Å²) in [5.74, 6) is -0.516. The predicted octanol–water partition coefficient (Wildman–Crippen LogP) is 3.88. The second-order valence-electron chi connectivity index (χ2n) is 5.97. The highest BCUT2D eigenvalue weighted by Gasteiger charge is 2.24. The molecule has 2 aromatic carbocycles. The summed E-state index contributed by atoms with van der Waals surface area (Å²) < 4.78 is 5.59. The summed E-state index contributed by atoms with van der Waals surface area (Å²) in [6.45, 7) is 3.55. The van der Waals surface area contributed by atoms with Crippen molar-refractivity contribution in [1.82, 2.24) is 4.90 Å². The molecule has 0 aliphatic carbocycles. The largest absolute Gasteiger partial charge is 0.464 e. The number of esters is 1. The fraction of sp³-hybridized carbons (Fsp3) is 0.350. The van der Waals surface area contributed by atoms with E-state index in [0.717, 1.165) is 30.8 Å². The van der Waals surface area contributed by atoms with Gasteiger partial charge in [0.05, 0.1) is 0 Å². The molecular weight excluding hydrogens is 322 g/mol. The van der Waals surface area contributed by atoms with Crippen LogP contribution in [0.3, 0.4) is 0 Å². The van der Waals surface area contributed by atoms with Gasteiger partial charge in [-0.1, -0.05) is 60.7 Å². The molecule has 2 aromatic rings. The maximum atomic E-state index is 12.7. The number of nitrogens with zero attached hydrogens (tertiary/aromatic N) is 1. The Morgan fingerprint density at radius 2 is 1.42 bits per heavy atom. The lowest BCUT2D eigenvalue weighted by molar-refractivity contribution is -0.144. The van der Waals surface area contributed by atoms with Crippen LogP contribution in [0.25, 0.3) is 0 Å². The second kappa shape index (κ2) is 9.45. The maximum Gasteiger partial charge on any atom is 0.317 e. The summed E-state index contributed by atoms with van der Waals surface area (Å²) in [5.41, 5.74) is 1.95. The quantitative estimate of drug-likeness (QED) is 0.744. The third-order valence-corrected chi connectivity index (χ3v) is 4.35. The van der Waals surface area contributed by atoms with E-state index in [4.69, 9.17) is 4.74 Å². The molecule has 0 bridgehead atoms. The van der Waals surface area contributed by atoms with Crippen LogP contribution in [0.5, 0.6) is 0 Å². The highest BCUT2D eigenvalue weighted by Crippen LogP contribution is 2.25. The van der Waals surface area contributed by atoms with Crippen LogP contribution in [0.15, 0.2) is 60.7 Å². The number of hydrogen-bond acceptors (Lipinski definition) is 3. The molecule has 0 N–H and O–H groups in total. The van der Waals surface area contributed by atoms with Crippen LogP contribution in [0.1, 0.15) is 29.9 Å². The molecule has 1 saturated heterocycles. The van der Waals surface area contributed by atoms with E-state index in [0.29, 0.717) is 6.61 Å². The minimum Gasteiger partial charge on any atom is -0.464 e. The first-order valence-electron chi connectivity index (χ1n) is 8.33. The molecule has 1 aliphatic rings. The molecule has 1 aliphatic heterocycles. The summed E-state index contributed by atoms with van der Waals surface area (Å²) in [6.07, 6.45) is 2.51. The van der Waals surface area contributed by atoms with Crippen molar-refractivity contribution < 1.29 is 9.53 Å². The van der Waals surface area contributed by atoms with Crippen molar-refractivity contribution in [3.05, 3.63) is 71.8 Å². The predicted molar refractivity (Wildman–Crippen MR) is 98.6 cm³/mol. The lowest BCUT2D eigenvalue weighted by atomic mass is 9.91. The SMILES string of the molecule is Cl.O=C(OCCN1CCCC1)C(c1ccccc1)c1ccccc1. The smallest absolute Gasteiger partial charge is 0.317 e. The molecule has 128 valence electrons. The third kappa shape index (κ3) is 4.83. The third-order valence-electron chi connectivity index (χ3n) is 4.35. The highest BCUT2D eigenvalue weighted by molar-refractivity contribution is 5.85. The first-order chi connectivity index (χ1) is 11.3. The normalized spacial score (nSPS) is 14.4. The molecule has 0 amide bonds. The number of carbonyl (C=O) groups excluding carboxylic acids is 1. The topological polar surface area (TPSA) is 29.5 Å². The van der Waals surface area contributed by atoms with Crippen LogP contribution in [0.2, 0.25) is 0 Å². The zero-order valence-corrected chi connectivity index (χ0v) is 14.6. The van der Waals surface area contributed by atoms with Gasteiger partial charge in [0, 0.05) is 6.54 Å². The average Bonchev–Trinajstić information content (AvgIpc) is 3.10. The summed E-state index contributed by atoms with van der Waals surface area (Å²) >= 11 is 0. The van der Waals surface area contributed by atoms with E-state index in [2.05, 4.69) is 4.90 Å². The van der Waals surface area contributed by atoms with Crippen molar-refractivity contribution in [1.29, 1.82) is 0 Å². The Hall–Kier alpha value is -1.84. The molecule has 0 unspecified atom stereocenters. The molecule has 3 nitrogen and oxygen atoms in total. The lowest BCUT2D eigenvalue weighted by Gasteiger charge is -2.19. The standard InChI is InChI=1S/C20H23NO2.ClH/c22-20(23-16-15-21-13-7-8-14-21)19(17-9-3-1-4-10-17)18-11-5-2-6-12-18;/h1-6,9-12,19H,7-8,13-16H2;1H. The van der Waals surface area contributed by atoms with Gasteiger partial charge in [-0.3, -0.25) is 9.69 Å². The van der Waals surface area contributed by atoms with Gasteiger partial charge < -0.3 is 4.74 Å². The molecular formula is C20H24ClNO2. The summed E-state index contributed by atoms with van der Waals surface area (Å²) in [6, 6.07) is 19.7. The molecule has 1 heterocycles. The van der Waals surface area contributed by atoms with Gasteiger partial charge >= 0.3 is 5.97 Å². The van der Waals surface area contributed by atoms with Gasteiger partial charge in [0.1, 0.15) is 12.5 Å². The maximum absolute atomic E-state index is 12.7. The Morgan fingerprint density at radius 1 is 0.917 bits per heavy atom. The zero-order chi connectivity index (χ0) is 15.9. The van der Waals surface area contributed by atoms with Crippen molar-refractivity contribution in [2.24, 2.45) is 0 Å². The first kappa shape index (κ1) is 18.5. The van der Waals surface area contributed by atoms with E-state index < -0.39 is 0 Å². The number of benzene rings is 2. The molecule has 0 radical (unpaired) electrons. The molecule has 3 rings (SSSR count). The highest BCUT2D eigenvalue weighted by atomic mass is 35.5. The minimum atomic E-state index is -0.351. The number of rotatable bonds is 6. The van der Waals surface area contributed by atoms with E-state index in [1.54, 1.807) is 0 Å². The number of halogens is 1. The van der Waals surface area contributed by atoms with Gasteiger partial charge in [-0.15, -0.1) is 12.4 Å². The minimum absolute atomic E-state index is 0. The number of carbonyl (C=O) groups is 1. The fourth-order valence-corrected chi connectivity index (χ4v) is 3.12. The van der Waals surface area contributed by atoms with Gasteiger partial charge in [0.15, 0.2) is 0 Å². The van der Waals surface area contributed by atoms with Crippen LogP contribution >= 0.6 is 12.4 Å². The van der Waals surface area contributed by atoms with E-state index in [9.17, 15) is 4.79 Å². The monoisotopic (exact) mass is 345 g/mol. The summed E-state index contributed by atoms with van der Waals surface area (Å²) in [5, 5.41) is 0. The van der Waals surface area contributed by atoms with Crippen LogP contribution in [0, 0.1) is 0 Å². The Labute approximate surface area is 150 Å². The van der Waals surface area contributed by atoms with Gasteiger partial charge in [-0.05, 0) is 37.1 Å². The van der Waals surface area contributed by atoms with E-state index in [1.807, 2.05) is 60.7 Å². The molecule has 1 fully saturated rings. The van der Waals surface area contributed by atoms with Gasteiger partial charge in [-0.2, -0.15) is 0 Å². The van der Waals surface area contributed by atoms with Crippen LogP contribution in [-0.4, -0.2) is 37.1 Å². The lowest BCUT2D eigenvalue weighted by Crippen LogP contribution is -2.27.